The number of carbonyl (C=O) groups is 1. The summed E-state index contributed by atoms with van der Waals surface area (Å²) in [7, 11) is 0. The number of hydrogen-bond acceptors (Lipinski definition) is 3. The van der Waals surface area contributed by atoms with Gasteiger partial charge in [0.1, 0.15) is 0 Å². The van der Waals surface area contributed by atoms with Gasteiger partial charge in [0.15, 0.2) is 11.5 Å². The van der Waals surface area contributed by atoms with E-state index in [1.165, 1.54) is 13.0 Å². The van der Waals surface area contributed by atoms with E-state index in [1.54, 1.807) is 0 Å². The Morgan fingerprint density at radius 1 is 1.15 bits per heavy atom. The average molecular weight is 294 g/mol. The van der Waals surface area contributed by atoms with E-state index in [4.69, 9.17) is 5.11 Å². The molecule has 1 aromatic carbocycles. The number of rotatable bonds is 6. The second-order valence-corrected chi connectivity index (χ2v) is 3.58. The molecular formula is C12H10F4O4. The highest BCUT2D eigenvalue weighted by molar-refractivity contribution is 5.89. The fourth-order valence-corrected chi connectivity index (χ4v) is 1.40. The van der Waals surface area contributed by atoms with E-state index in [0.717, 1.165) is 18.2 Å². The van der Waals surface area contributed by atoms with Gasteiger partial charge in [0, 0.05) is 6.08 Å². The van der Waals surface area contributed by atoms with E-state index in [9.17, 15) is 22.4 Å². The normalized spacial score (nSPS) is 11.8. The van der Waals surface area contributed by atoms with Gasteiger partial charge in [0.2, 0.25) is 0 Å². The molecule has 0 aliphatic rings. The molecule has 20 heavy (non-hydrogen) atoms. The highest BCUT2D eigenvalue weighted by Crippen LogP contribution is 2.33. The Morgan fingerprint density at radius 2 is 1.70 bits per heavy atom. The molecule has 0 amide bonds. The van der Waals surface area contributed by atoms with Crippen molar-refractivity contribution in [3.63, 3.8) is 0 Å². The number of allylic oxidation sites excluding steroid dienone is 1. The van der Waals surface area contributed by atoms with Crippen LogP contribution in [0, 0.1) is 0 Å². The molecule has 0 heterocycles. The molecule has 4 nitrogen and oxygen atoms in total. The van der Waals surface area contributed by atoms with Crippen LogP contribution in [0.5, 0.6) is 11.5 Å². The Balaban J connectivity index is 3.16. The van der Waals surface area contributed by atoms with Crippen LogP contribution in [-0.2, 0) is 4.79 Å². The second kappa shape index (κ2) is 6.78. The number of alkyl halides is 4. The summed E-state index contributed by atoms with van der Waals surface area (Å²) in [5.74, 6) is -2.39. The molecule has 110 valence electrons. The molecule has 8 heteroatoms. The molecule has 0 radical (unpaired) electrons. The molecule has 0 saturated heterocycles. The van der Waals surface area contributed by atoms with Crippen molar-refractivity contribution >= 4 is 11.5 Å². The Hall–Kier alpha value is -2.25. The summed E-state index contributed by atoms with van der Waals surface area (Å²) >= 11 is 0. The zero-order valence-electron chi connectivity index (χ0n) is 10.1. The van der Waals surface area contributed by atoms with Crippen LogP contribution in [0.3, 0.4) is 0 Å². The van der Waals surface area contributed by atoms with Crippen molar-refractivity contribution in [3.8, 4) is 11.5 Å². The number of benzene rings is 1. The van der Waals surface area contributed by atoms with Crippen molar-refractivity contribution in [1.29, 1.82) is 0 Å². The van der Waals surface area contributed by atoms with Gasteiger partial charge in [0.05, 0.1) is 0 Å². The molecule has 0 aliphatic heterocycles. The molecule has 0 spiro atoms. The predicted molar refractivity (Wildman–Crippen MR) is 61.0 cm³/mol. The van der Waals surface area contributed by atoms with Gasteiger partial charge in [-0.3, -0.25) is 0 Å². The lowest BCUT2D eigenvalue weighted by atomic mass is 10.1. The smallest absolute Gasteiger partial charge is 0.387 e. The minimum atomic E-state index is -3.23. The van der Waals surface area contributed by atoms with E-state index in [-0.39, 0.29) is 11.1 Å². The van der Waals surface area contributed by atoms with Crippen LogP contribution in [0.1, 0.15) is 12.5 Å². The fraction of sp³-hybridized carbons (Fsp3) is 0.250. The van der Waals surface area contributed by atoms with E-state index < -0.39 is 30.7 Å². The minimum Gasteiger partial charge on any atom is -0.478 e. The van der Waals surface area contributed by atoms with Crippen molar-refractivity contribution in [3.05, 3.63) is 29.8 Å². The SMILES string of the molecule is CC(=CC(=O)O)c1ccc(OC(F)F)c(OC(F)F)c1. The van der Waals surface area contributed by atoms with E-state index in [1.807, 2.05) is 0 Å². The summed E-state index contributed by atoms with van der Waals surface area (Å²) in [6, 6.07) is 3.25. The van der Waals surface area contributed by atoms with Gasteiger partial charge >= 0.3 is 19.2 Å². The van der Waals surface area contributed by atoms with Gasteiger partial charge in [0.25, 0.3) is 0 Å². The van der Waals surface area contributed by atoms with Gasteiger partial charge in [-0.25, -0.2) is 4.79 Å². The summed E-state index contributed by atoms with van der Waals surface area (Å²) in [4.78, 5) is 10.5. The Labute approximate surface area is 111 Å². The van der Waals surface area contributed by atoms with Crippen LogP contribution < -0.4 is 9.47 Å². The lowest BCUT2D eigenvalue weighted by molar-refractivity contribution is -0.131. The summed E-state index contributed by atoms with van der Waals surface area (Å²) < 4.78 is 56.8. The Kier molecular flexibility index (Phi) is 5.36. The van der Waals surface area contributed by atoms with Crippen LogP contribution in [0.2, 0.25) is 0 Å². The van der Waals surface area contributed by atoms with Crippen LogP contribution in [-0.4, -0.2) is 24.3 Å². The molecule has 0 aliphatic carbocycles. The van der Waals surface area contributed by atoms with E-state index in [0.29, 0.717) is 0 Å². The number of carboxylic acid groups (broad SMARTS) is 1. The fourth-order valence-electron chi connectivity index (χ4n) is 1.40. The highest BCUT2D eigenvalue weighted by Gasteiger charge is 2.15. The number of halogens is 4. The number of ether oxygens (including phenoxy) is 2. The number of carboxylic acids is 1. The summed E-state index contributed by atoms with van der Waals surface area (Å²) in [5.41, 5.74) is 0.463. The monoisotopic (exact) mass is 294 g/mol. The summed E-state index contributed by atoms with van der Waals surface area (Å²) in [6.45, 7) is -5.01. The topological polar surface area (TPSA) is 55.8 Å². The zero-order chi connectivity index (χ0) is 15.3. The van der Waals surface area contributed by atoms with Crippen molar-refractivity contribution in [2.45, 2.75) is 20.1 Å². The van der Waals surface area contributed by atoms with Crippen LogP contribution in [0.4, 0.5) is 17.6 Å². The summed E-state index contributed by atoms with van der Waals surface area (Å²) in [5, 5.41) is 8.58. The van der Waals surface area contributed by atoms with Gasteiger partial charge in [-0.05, 0) is 30.2 Å². The van der Waals surface area contributed by atoms with Crippen molar-refractivity contribution in [1.82, 2.24) is 0 Å². The molecule has 0 aromatic heterocycles. The average Bonchev–Trinajstić information content (AvgIpc) is 2.29. The maximum absolute atomic E-state index is 12.2. The predicted octanol–water partition coefficient (Wildman–Crippen LogP) is 3.38. The Morgan fingerprint density at radius 3 is 2.20 bits per heavy atom. The third-order valence-electron chi connectivity index (χ3n) is 2.17. The molecule has 1 N–H and O–H groups in total. The van der Waals surface area contributed by atoms with Crippen LogP contribution >= 0.6 is 0 Å². The van der Waals surface area contributed by atoms with Gasteiger partial charge < -0.3 is 14.6 Å². The largest absolute Gasteiger partial charge is 0.478 e. The first-order valence-corrected chi connectivity index (χ1v) is 5.25. The molecule has 1 aromatic rings. The standard InChI is InChI=1S/C12H10F4O4/c1-6(4-10(17)18)7-2-3-8(19-11(13)14)9(5-7)20-12(15)16/h2-5,11-12H,1H3,(H,17,18). The number of aliphatic carboxylic acids is 1. The zero-order valence-corrected chi connectivity index (χ0v) is 10.1. The quantitative estimate of drug-likeness (QED) is 0.645. The third-order valence-corrected chi connectivity index (χ3v) is 2.17. The van der Waals surface area contributed by atoms with E-state index in [2.05, 4.69) is 9.47 Å². The van der Waals surface area contributed by atoms with Gasteiger partial charge in [-0.15, -0.1) is 0 Å². The molecule has 0 bridgehead atoms. The Bertz CT molecular complexity index is 514. The number of hydrogen-bond donors (Lipinski definition) is 1. The van der Waals surface area contributed by atoms with Gasteiger partial charge in [-0.1, -0.05) is 6.07 Å². The van der Waals surface area contributed by atoms with Crippen molar-refractivity contribution < 1.29 is 36.9 Å². The van der Waals surface area contributed by atoms with Crippen molar-refractivity contribution in [2.75, 3.05) is 0 Å². The van der Waals surface area contributed by atoms with Gasteiger partial charge in [-0.2, -0.15) is 17.6 Å². The first-order valence-electron chi connectivity index (χ1n) is 5.25. The lowest BCUT2D eigenvalue weighted by Crippen LogP contribution is -2.08. The molecule has 0 saturated carbocycles. The van der Waals surface area contributed by atoms with Crippen LogP contribution in [0.25, 0.3) is 5.57 Å². The first-order chi connectivity index (χ1) is 9.29. The molecule has 0 atom stereocenters. The molecule has 0 unspecified atom stereocenters. The molecule has 0 fully saturated rings. The van der Waals surface area contributed by atoms with Crippen molar-refractivity contribution in [2.24, 2.45) is 0 Å². The second-order valence-electron chi connectivity index (χ2n) is 3.58. The minimum absolute atomic E-state index is 0.227. The highest BCUT2D eigenvalue weighted by atomic mass is 19.3. The van der Waals surface area contributed by atoms with Crippen LogP contribution in [0.15, 0.2) is 24.3 Å². The summed E-state index contributed by atoms with van der Waals surface area (Å²) in [6.07, 6.45) is 0.842. The molecular weight excluding hydrogens is 284 g/mol. The maximum Gasteiger partial charge on any atom is 0.387 e. The molecule has 1 rings (SSSR count). The maximum atomic E-state index is 12.2. The van der Waals surface area contributed by atoms with E-state index >= 15 is 0 Å². The lowest BCUT2D eigenvalue weighted by Gasteiger charge is -2.13. The first kappa shape index (κ1) is 15.8. The third kappa shape index (κ3) is 4.79.